The summed E-state index contributed by atoms with van der Waals surface area (Å²) in [7, 11) is 0. The topological polar surface area (TPSA) is 91.3 Å². The molecule has 2 N–H and O–H groups in total. The van der Waals surface area contributed by atoms with Crippen molar-refractivity contribution in [1.29, 1.82) is 0 Å². The molecule has 0 saturated carbocycles. The van der Waals surface area contributed by atoms with E-state index in [0.717, 1.165) is 5.56 Å². The summed E-state index contributed by atoms with van der Waals surface area (Å²) < 4.78 is 5.45. The van der Waals surface area contributed by atoms with Crippen LogP contribution in [-0.4, -0.2) is 9.91 Å². The van der Waals surface area contributed by atoms with E-state index in [9.17, 15) is 10.1 Å². The Morgan fingerprint density at radius 2 is 2.15 bits per heavy atom. The average Bonchev–Trinajstić information content (AvgIpc) is 2.38. The van der Waals surface area contributed by atoms with Crippen LogP contribution in [0.4, 0.5) is 5.69 Å². The molecular weight excluding hydrogens is 282 g/mol. The van der Waals surface area contributed by atoms with Crippen molar-refractivity contribution >= 4 is 17.3 Å². The molecule has 2 aromatic rings. The zero-order valence-electron chi connectivity index (χ0n) is 10.6. The summed E-state index contributed by atoms with van der Waals surface area (Å²) in [5.41, 5.74) is 6.41. The maximum atomic E-state index is 10.9. The summed E-state index contributed by atoms with van der Waals surface area (Å²) in [6.45, 7) is 1.82. The number of halogens is 1. The molecule has 0 bridgehead atoms. The van der Waals surface area contributed by atoms with Crippen LogP contribution in [-0.2, 0) is 0 Å². The number of hydrogen-bond donors (Lipinski definition) is 1. The van der Waals surface area contributed by atoms with Crippen molar-refractivity contribution in [3.8, 4) is 11.6 Å². The predicted molar refractivity (Wildman–Crippen MR) is 75.0 cm³/mol. The Morgan fingerprint density at radius 3 is 2.80 bits per heavy atom. The second-order valence-electron chi connectivity index (χ2n) is 4.19. The van der Waals surface area contributed by atoms with Gasteiger partial charge in [-0.05, 0) is 24.6 Å². The number of nitrogens with zero attached hydrogens (tertiary/aromatic N) is 2. The highest BCUT2D eigenvalue weighted by Crippen LogP contribution is 2.33. The van der Waals surface area contributed by atoms with Gasteiger partial charge in [0.05, 0.1) is 4.92 Å². The Bertz CT molecular complexity index is 647. The predicted octanol–water partition coefficient (Wildman–Crippen LogP) is 3.46. The molecule has 2 rings (SSSR count). The van der Waals surface area contributed by atoms with E-state index >= 15 is 0 Å². The summed E-state index contributed by atoms with van der Waals surface area (Å²) >= 11 is 5.83. The number of nitro groups is 1. The smallest absolute Gasteiger partial charge is 0.311 e. The van der Waals surface area contributed by atoms with E-state index in [4.69, 9.17) is 22.1 Å². The van der Waals surface area contributed by atoms with Crippen LogP contribution >= 0.6 is 11.6 Å². The number of nitrogens with two attached hydrogens (primary N) is 1. The van der Waals surface area contributed by atoms with Gasteiger partial charge >= 0.3 is 5.69 Å². The van der Waals surface area contributed by atoms with Crippen LogP contribution in [0.25, 0.3) is 0 Å². The zero-order chi connectivity index (χ0) is 14.7. The molecule has 1 aromatic carbocycles. The van der Waals surface area contributed by atoms with E-state index in [1.165, 1.54) is 24.4 Å². The van der Waals surface area contributed by atoms with Crippen molar-refractivity contribution in [3.63, 3.8) is 0 Å². The van der Waals surface area contributed by atoms with Gasteiger partial charge < -0.3 is 10.5 Å². The lowest BCUT2D eigenvalue weighted by Gasteiger charge is -2.09. The van der Waals surface area contributed by atoms with Gasteiger partial charge in [0.1, 0.15) is 0 Å². The van der Waals surface area contributed by atoms with E-state index in [1.54, 1.807) is 12.1 Å². The molecule has 7 heteroatoms. The molecule has 104 valence electrons. The number of ether oxygens (including phenoxy) is 1. The Balaban J connectivity index is 2.36. The molecule has 20 heavy (non-hydrogen) atoms. The van der Waals surface area contributed by atoms with Gasteiger partial charge in [0, 0.05) is 35.5 Å². The molecule has 1 atom stereocenters. The van der Waals surface area contributed by atoms with Gasteiger partial charge in [-0.25, -0.2) is 4.98 Å². The SMILES string of the molecule is C[C@@H](N)c1ccnc(Oc2cc(Cl)ccc2[N+](=O)[O-])c1. The molecule has 6 nitrogen and oxygen atoms in total. The molecule has 0 saturated heterocycles. The van der Waals surface area contributed by atoms with Gasteiger partial charge in [-0.3, -0.25) is 10.1 Å². The summed E-state index contributed by atoms with van der Waals surface area (Å²) in [6.07, 6.45) is 1.53. The lowest BCUT2D eigenvalue weighted by molar-refractivity contribution is -0.385. The molecule has 1 heterocycles. The highest BCUT2D eigenvalue weighted by atomic mass is 35.5. The van der Waals surface area contributed by atoms with E-state index in [1.807, 2.05) is 6.92 Å². The van der Waals surface area contributed by atoms with Crippen molar-refractivity contribution in [2.75, 3.05) is 0 Å². The van der Waals surface area contributed by atoms with Crippen LogP contribution in [0.3, 0.4) is 0 Å². The van der Waals surface area contributed by atoms with Gasteiger partial charge in [0.2, 0.25) is 11.6 Å². The Hall–Kier alpha value is -2.18. The van der Waals surface area contributed by atoms with Gasteiger partial charge in [-0.1, -0.05) is 11.6 Å². The fourth-order valence-electron chi connectivity index (χ4n) is 1.60. The fourth-order valence-corrected chi connectivity index (χ4v) is 1.76. The van der Waals surface area contributed by atoms with Crippen LogP contribution in [0.5, 0.6) is 11.6 Å². The third-order valence-corrected chi connectivity index (χ3v) is 2.85. The van der Waals surface area contributed by atoms with Gasteiger partial charge in [-0.2, -0.15) is 0 Å². The largest absolute Gasteiger partial charge is 0.432 e. The number of benzene rings is 1. The molecule has 0 aliphatic heterocycles. The minimum Gasteiger partial charge on any atom is -0.432 e. The maximum Gasteiger partial charge on any atom is 0.311 e. The molecule has 0 aliphatic rings. The first kappa shape index (κ1) is 14.2. The lowest BCUT2D eigenvalue weighted by atomic mass is 10.1. The van der Waals surface area contributed by atoms with Crippen LogP contribution < -0.4 is 10.5 Å². The van der Waals surface area contributed by atoms with Crippen molar-refractivity contribution in [1.82, 2.24) is 4.98 Å². The molecule has 0 fully saturated rings. The monoisotopic (exact) mass is 293 g/mol. The molecule has 0 amide bonds. The highest BCUT2D eigenvalue weighted by Gasteiger charge is 2.17. The van der Waals surface area contributed by atoms with Crippen LogP contribution in [0.1, 0.15) is 18.5 Å². The van der Waals surface area contributed by atoms with Gasteiger partial charge in [0.15, 0.2) is 0 Å². The number of aromatic nitrogens is 1. The summed E-state index contributed by atoms with van der Waals surface area (Å²) in [6, 6.07) is 7.29. The first-order valence-corrected chi connectivity index (χ1v) is 6.18. The van der Waals surface area contributed by atoms with Crippen molar-refractivity contribution in [2.45, 2.75) is 13.0 Å². The zero-order valence-corrected chi connectivity index (χ0v) is 11.4. The molecule has 0 radical (unpaired) electrons. The van der Waals surface area contributed by atoms with E-state index in [2.05, 4.69) is 4.98 Å². The highest BCUT2D eigenvalue weighted by molar-refractivity contribution is 6.30. The Morgan fingerprint density at radius 1 is 1.40 bits per heavy atom. The van der Waals surface area contributed by atoms with Crippen LogP contribution in [0.15, 0.2) is 36.5 Å². The second kappa shape index (κ2) is 5.85. The van der Waals surface area contributed by atoms with Gasteiger partial charge in [0.25, 0.3) is 0 Å². The van der Waals surface area contributed by atoms with E-state index in [0.29, 0.717) is 5.02 Å². The third-order valence-electron chi connectivity index (χ3n) is 2.62. The first-order valence-electron chi connectivity index (χ1n) is 5.80. The standard InChI is InChI=1S/C13H12ClN3O3/c1-8(15)9-4-5-16-13(6-9)20-12-7-10(14)2-3-11(12)17(18)19/h2-8H,15H2,1H3/t8-/m1/s1. The van der Waals surface area contributed by atoms with Crippen LogP contribution in [0.2, 0.25) is 5.02 Å². The second-order valence-corrected chi connectivity index (χ2v) is 4.62. The number of rotatable bonds is 4. The summed E-state index contributed by atoms with van der Waals surface area (Å²) in [4.78, 5) is 14.4. The van der Waals surface area contributed by atoms with E-state index < -0.39 is 4.92 Å². The van der Waals surface area contributed by atoms with Gasteiger partial charge in [-0.15, -0.1) is 0 Å². The third kappa shape index (κ3) is 3.23. The van der Waals surface area contributed by atoms with Crippen molar-refractivity contribution in [3.05, 3.63) is 57.2 Å². The molecule has 0 unspecified atom stereocenters. The van der Waals surface area contributed by atoms with Crippen molar-refractivity contribution in [2.24, 2.45) is 5.73 Å². The number of hydrogen-bond acceptors (Lipinski definition) is 5. The fraction of sp³-hybridized carbons (Fsp3) is 0.154. The average molecular weight is 294 g/mol. The Kier molecular flexibility index (Phi) is 4.16. The molecular formula is C13H12ClN3O3. The van der Waals surface area contributed by atoms with Crippen LogP contribution in [0, 0.1) is 10.1 Å². The minimum atomic E-state index is -0.541. The minimum absolute atomic E-state index is 0.0387. The first-order chi connectivity index (χ1) is 9.47. The molecule has 0 spiro atoms. The number of nitro benzene ring substituents is 1. The number of pyridine rings is 1. The normalized spacial score (nSPS) is 11.9. The van der Waals surface area contributed by atoms with E-state index in [-0.39, 0.29) is 23.4 Å². The molecule has 1 aromatic heterocycles. The summed E-state index contributed by atoms with van der Waals surface area (Å²) in [5.74, 6) is 0.266. The van der Waals surface area contributed by atoms with Crippen molar-refractivity contribution < 1.29 is 9.66 Å². The maximum absolute atomic E-state index is 10.9. The molecule has 0 aliphatic carbocycles. The summed E-state index contributed by atoms with van der Waals surface area (Å²) in [5, 5.41) is 11.3. The Labute approximate surface area is 120 Å². The quantitative estimate of drug-likeness (QED) is 0.688. The lowest BCUT2D eigenvalue weighted by Crippen LogP contribution is -2.05.